The Hall–Kier alpha value is -6.44. The van der Waals surface area contributed by atoms with E-state index in [2.05, 4.69) is 15.2 Å². The largest absolute Gasteiger partial charge is 0.366 e. The Bertz CT molecular complexity index is 2660. The summed E-state index contributed by atoms with van der Waals surface area (Å²) in [7, 11) is 0. The van der Waals surface area contributed by atoms with Gasteiger partial charge in [0.2, 0.25) is 11.8 Å². The number of pyridine rings is 1. The summed E-state index contributed by atoms with van der Waals surface area (Å²) in [6, 6.07) is 12.0. The van der Waals surface area contributed by atoms with Crippen LogP contribution < -0.4 is 11.5 Å². The number of Topliss-reactive ketones (excluding diaryl/α,β-unsaturated/α-hetero) is 1. The molecule has 0 aliphatic carbocycles. The van der Waals surface area contributed by atoms with E-state index in [0.29, 0.717) is 75.3 Å². The van der Waals surface area contributed by atoms with Crippen molar-refractivity contribution in [1.82, 2.24) is 38.7 Å². The third-order valence-corrected chi connectivity index (χ3v) is 9.51. The average molecular weight is 715 g/mol. The zero-order valence-electron chi connectivity index (χ0n) is 30.1. The number of carbonyl (C=O) groups is 3. The van der Waals surface area contributed by atoms with E-state index in [1.807, 2.05) is 62.0 Å². The van der Waals surface area contributed by atoms with Gasteiger partial charge < -0.3 is 20.6 Å². The molecule has 0 saturated carbocycles. The lowest BCUT2D eigenvalue weighted by molar-refractivity contribution is 0.0975. The van der Waals surface area contributed by atoms with Gasteiger partial charge in [-0.25, -0.2) is 9.37 Å². The first-order valence-corrected chi connectivity index (χ1v) is 17.4. The summed E-state index contributed by atoms with van der Waals surface area (Å²) in [5.41, 5.74) is 17.7. The van der Waals surface area contributed by atoms with E-state index in [-0.39, 0.29) is 24.4 Å². The molecular weight excluding hydrogens is 675 g/mol. The molecule has 0 fully saturated rings. The SMILES string of the molecule is CCn1nc(C)cc1C(=O)Cc1nc2cc(C(N)=O)cc(C)c2n1C/C=C/Cn1c2ccc(C(N)=O)cc2c2cnc(-c3cc(C)nn3CC)c(F)c21. The molecular formula is C39H39FN10O3. The summed E-state index contributed by atoms with van der Waals surface area (Å²) >= 11 is 0. The summed E-state index contributed by atoms with van der Waals surface area (Å²) < 4.78 is 23.9. The maximum atomic E-state index is 16.7. The van der Waals surface area contributed by atoms with E-state index in [9.17, 15) is 14.4 Å². The van der Waals surface area contributed by atoms with Gasteiger partial charge in [-0.2, -0.15) is 10.2 Å². The van der Waals surface area contributed by atoms with E-state index < -0.39 is 17.6 Å². The van der Waals surface area contributed by atoms with Crippen LogP contribution in [-0.4, -0.2) is 56.3 Å². The lowest BCUT2D eigenvalue weighted by Gasteiger charge is -2.10. The van der Waals surface area contributed by atoms with Gasteiger partial charge in [0.15, 0.2) is 11.6 Å². The first-order valence-electron chi connectivity index (χ1n) is 17.4. The number of amides is 2. The van der Waals surface area contributed by atoms with Crippen LogP contribution >= 0.6 is 0 Å². The lowest BCUT2D eigenvalue weighted by atomic mass is 10.1. The number of carbonyl (C=O) groups excluding carboxylic acids is 3. The van der Waals surface area contributed by atoms with Gasteiger partial charge in [-0.3, -0.25) is 28.7 Å². The van der Waals surface area contributed by atoms with Crippen LogP contribution in [0, 0.1) is 26.6 Å². The number of nitrogens with zero attached hydrogens (tertiary/aromatic N) is 8. The molecule has 0 aliphatic heterocycles. The minimum atomic E-state index is -0.588. The molecule has 2 amide bonds. The highest BCUT2D eigenvalue weighted by molar-refractivity contribution is 6.11. The van der Waals surface area contributed by atoms with E-state index in [1.54, 1.807) is 52.0 Å². The molecule has 5 heterocycles. The highest BCUT2D eigenvalue weighted by Crippen LogP contribution is 2.35. The summed E-state index contributed by atoms with van der Waals surface area (Å²) in [6.07, 6.45) is 5.48. The van der Waals surface area contributed by atoms with Crippen LogP contribution in [0.3, 0.4) is 0 Å². The molecule has 0 spiro atoms. The minimum Gasteiger partial charge on any atom is -0.366 e. The third kappa shape index (κ3) is 6.15. The van der Waals surface area contributed by atoms with Gasteiger partial charge in [0, 0.05) is 59.8 Å². The fourth-order valence-electron chi connectivity index (χ4n) is 7.15. The second kappa shape index (κ2) is 13.6. The van der Waals surface area contributed by atoms with E-state index >= 15 is 4.39 Å². The Morgan fingerprint density at radius 2 is 1.47 bits per heavy atom. The number of aryl methyl sites for hydroxylation is 5. The number of nitrogens with two attached hydrogens (primary N) is 2. The molecule has 0 saturated heterocycles. The molecule has 0 atom stereocenters. The summed E-state index contributed by atoms with van der Waals surface area (Å²) in [4.78, 5) is 47.2. The predicted octanol–water partition coefficient (Wildman–Crippen LogP) is 5.58. The van der Waals surface area contributed by atoms with Gasteiger partial charge in [0.25, 0.3) is 0 Å². The van der Waals surface area contributed by atoms with E-state index in [0.717, 1.165) is 22.5 Å². The van der Waals surface area contributed by atoms with Crippen LogP contribution in [0.5, 0.6) is 0 Å². The lowest BCUT2D eigenvalue weighted by Crippen LogP contribution is -2.15. The molecule has 4 N–H and O–H groups in total. The Morgan fingerprint density at radius 1 is 0.792 bits per heavy atom. The average Bonchev–Trinajstić information content (AvgIpc) is 3.88. The zero-order valence-corrected chi connectivity index (χ0v) is 30.1. The third-order valence-electron chi connectivity index (χ3n) is 9.51. The second-order valence-electron chi connectivity index (χ2n) is 13.1. The quantitative estimate of drug-likeness (QED) is 0.123. The molecule has 2 aromatic carbocycles. The van der Waals surface area contributed by atoms with Crippen LogP contribution in [0.1, 0.15) is 67.8 Å². The molecule has 0 unspecified atom stereocenters. The van der Waals surface area contributed by atoms with Crippen molar-refractivity contribution in [3.05, 3.63) is 106 Å². The number of allylic oxidation sites excluding steroid dienone is 2. The molecule has 7 rings (SSSR count). The minimum absolute atomic E-state index is 0.00285. The van der Waals surface area contributed by atoms with Gasteiger partial charge in [-0.15, -0.1) is 0 Å². The molecule has 0 bridgehead atoms. The van der Waals surface area contributed by atoms with Crippen LogP contribution in [0.2, 0.25) is 0 Å². The Balaban J connectivity index is 1.30. The molecule has 7 aromatic rings. The van der Waals surface area contributed by atoms with Gasteiger partial charge in [0.05, 0.1) is 40.1 Å². The number of hydrogen-bond donors (Lipinski definition) is 2. The number of aromatic nitrogens is 8. The van der Waals surface area contributed by atoms with Crippen molar-refractivity contribution in [2.45, 2.75) is 67.2 Å². The first-order chi connectivity index (χ1) is 25.4. The Morgan fingerprint density at radius 3 is 2.17 bits per heavy atom. The number of ketones is 1. The maximum absolute atomic E-state index is 16.7. The van der Waals surface area contributed by atoms with Crippen LogP contribution in [0.25, 0.3) is 44.2 Å². The van der Waals surface area contributed by atoms with E-state index in [1.165, 1.54) is 0 Å². The van der Waals surface area contributed by atoms with Gasteiger partial charge in [-0.05, 0) is 82.6 Å². The fraction of sp³-hybridized carbons (Fsp3) is 0.256. The Kier molecular flexibility index (Phi) is 8.98. The second-order valence-corrected chi connectivity index (χ2v) is 13.1. The Labute approximate surface area is 303 Å². The number of hydrogen-bond acceptors (Lipinski definition) is 7. The van der Waals surface area contributed by atoms with Crippen molar-refractivity contribution in [3.63, 3.8) is 0 Å². The first kappa shape index (κ1) is 35.0. The monoisotopic (exact) mass is 714 g/mol. The summed E-state index contributed by atoms with van der Waals surface area (Å²) in [6.45, 7) is 11.1. The molecule has 53 heavy (non-hydrogen) atoms. The van der Waals surface area contributed by atoms with Crippen molar-refractivity contribution >= 4 is 50.4 Å². The summed E-state index contributed by atoms with van der Waals surface area (Å²) in [5.74, 6) is -1.29. The van der Waals surface area contributed by atoms with Crippen LogP contribution in [-0.2, 0) is 32.6 Å². The van der Waals surface area contributed by atoms with Crippen LogP contribution in [0.15, 0.2) is 60.8 Å². The molecule has 5 aromatic heterocycles. The van der Waals surface area contributed by atoms with Crippen molar-refractivity contribution in [3.8, 4) is 11.4 Å². The standard InChI is InChI=1S/C39H39FN10O3/c1-6-49-30(15-22(4)45-49)32(51)19-33-44-28-18-25(39(42)53)14-21(3)36(28)48(33)13-9-8-12-47-29-11-10-24(38(41)52)17-26(29)27-20-43-35(34(40)37(27)47)31-16-23(5)46-50(31)7-2/h8-11,14-18,20H,6-7,12-13,19H2,1-5H3,(H2,41,52)(H2,42,53)/b9-8+. The highest BCUT2D eigenvalue weighted by atomic mass is 19.1. The maximum Gasteiger partial charge on any atom is 0.248 e. The number of primary amides is 2. The number of halogens is 1. The number of imidazole rings is 1. The van der Waals surface area contributed by atoms with Gasteiger partial charge >= 0.3 is 0 Å². The van der Waals surface area contributed by atoms with Crippen molar-refractivity contribution in [2.24, 2.45) is 11.5 Å². The van der Waals surface area contributed by atoms with Crippen molar-refractivity contribution in [2.75, 3.05) is 0 Å². The number of fused-ring (bicyclic) bond motifs is 4. The predicted molar refractivity (Wildman–Crippen MR) is 200 cm³/mol. The van der Waals surface area contributed by atoms with E-state index in [4.69, 9.17) is 16.5 Å². The molecule has 0 aliphatic rings. The molecule has 0 radical (unpaired) electrons. The fourth-order valence-corrected chi connectivity index (χ4v) is 7.15. The van der Waals surface area contributed by atoms with Gasteiger partial charge in [0.1, 0.15) is 17.2 Å². The zero-order chi connectivity index (χ0) is 37.7. The van der Waals surface area contributed by atoms with Crippen molar-refractivity contribution in [1.29, 1.82) is 0 Å². The number of benzene rings is 2. The normalized spacial score (nSPS) is 11.9. The molecule has 14 heteroatoms. The van der Waals surface area contributed by atoms with Crippen LogP contribution in [0.4, 0.5) is 4.39 Å². The highest BCUT2D eigenvalue weighted by Gasteiger charge is 2.23. The van der Waals surface area contributed by atoms with Gasteiger partial charge in [-0.1, -0.05) is 12.2 Å². The smallest absolute Gasteiger partial charge is 0.248 e. The topological polar surface area (TPSA) is 175 Å². The number of rotatable bonds is 12. The molecule has 270 valence electrons. The van der Waals surface area contributed by atoms with Crippen molar-refractivity contribution < 1.29 is 18.8 Å². The molecule has 13 nitrogen and oxygen atoms in total. The summed E-state index contributed by atoms with van der Waals surface area (Å²) in [5, 5.41) is 10.1.